The summed E-state index contributed by atoms with van der Waals surface area (Å²) in [6.07, 6.45) is 4.71. The third kappa shape index (κ3) is 3.91. The minimum atomic E-state index is 0.220. The SMILES string of the molecule is O=C(CSc1nc(-c2cccs2)nc2ccccc12)N1CCCCCC1. The maximum Gasteiger partial charge on any atom is 0.232 e. The van der Waals surface area contributed by atoms with Crippen molar-refractivity contribution in [1.82, 2.24) is 14.9 Å². The molecule has 134 valence electrons. The number of benzene rings is 1. The second-order valence-corrected chi connectivity index (χ2v) is 8.34. The molecule has 2 aromatic heterocycles. The van der Waals surface area contributed by atoms with E-state index >= 15 is 0 Å². The van der Waals surface area contributed by atoms with Gasteiger partial charge in [0.15, 0.2) is 5.82 Å². The molecule has 0 bridgehead atoms. The number of para-hydroxylation sites is 1. The van der Waals surface area contributed by atoms with Crippen LogP contribution in [0.5, 0.6) is 0 Å². The van der Waals surface area contributed by atoms with Gasteiger partial charge in [0.25, 0.3) is 0 Å². The van der Waals surface area contributed by atoms with Crippen molar-refractivity contribution in [2.45, 2.75) is 30.7 Å². The number of thioether (sulfide) groups is 1. The molecule has 1 aliphatic heterocycles. The lowest BCUT2D eigenvalue weighted by Gasteiger charge is -2.20. The molecule has 3 aromatic rings. The van der Waals surface area contributed by atoms with Gasteiger partial charge < -0.3 is 4.90 Å². The van der Waals surface area contributed by atoms with E-state index < -0.39 is 0 Å². The molecule has 4 nitrogen and oxygen atoms in total. The smallest absolute Gasteiger partial charge is 0.232 e. The minimum Gasteiger partial charge on any atom is -0.342 e. The van der Waals surface area contributed by atoms with Crippen molar-refractivity contribution in [2.75, 3.05) is 18.8 Å². The molecule has 3 heterocycles. The molecule has 1 aliphatic rings. The molecule has 4 rings (SSSR count). The van der Waals surface area contributed by atoms with Crippen LogP contribution in [-0.2, 0) is 4.79 Å². The summed E-state index contributed by atoms with van der Waals surface area (Å²) in [6, 6.07) is 12.1. The van der Waals surface area contributed by atoms with Crippen LogP contribution < -0.4 is 0 Å². The molecule has 0 atom stereocenters. The summed E-state index contributed by atoms with van der Waals surface area (Å²) >= 11 is 3.17. The van der Waals surface area contributed by atoms with Crippen LogP contribution >= 0.6 is 23.1 Å². The van der Waals surface area contributed by atoms with Crippen molar-refractivity contribution in [2.24, 2.45) is 0 Å². The number of hydrogen-bond donors (Lipinski definition) is 0. The second-order valence-electron chi connectivity index (χ2n) is 6.43. The van der Waals surface area contributed by atoms with Gasteiger partial charge in [-0.05, 0) is 30.4 Å². The Labute approximate surface area is 161 Å². The summed E-state index contributed by atoms with van der Waals surface area (Å²) < 4.78 is 0. The highest BCUT2D eigenvalue weighted by Gasteiger charge is 2.17. The van der Waals surface area contributed by atoms with Gasteiger partial charge in [0.2, 0.25) is 5.91 Å². The van der Waals surface area contributed by atoms with Crippen LogP contribution in [0.3, 0.4) is 0 Å². The monoisotopic (exact) mass is 383 g/mol. The Bertz CT molecular complexity index is 887. The number of fused-ring (bicyclic) bond motifs is 1. The summed E-state index contributed by atoms with van der Waals surface area (Å²) in [5.41, 5.74) is 0.927. The molecular formula is C20H21N3OS2. The van der Waals surface area contributed by atoms with Gasteiger partial charge in [-0.3, -0.25) is 4.79 Å². The van der Waals surface area contributed by atoms with E-state index in [2.05, 4.69) is 0 Å². The zero-order chi connectivity index (χ0) is 17.8. The predicted octanol–water partition coefficient (Wildman–Crippen LogP) is 4.85. The number of hydrogen-bond acceptors (Lipinski definition) is 5. The number of rotatable bonds is 4. The van der Waals surface area contributed by atoms with Gasteiger partial charge in [0.05, 0.1) is 16.1 Å². The molecule has 0 radical (unpaired) electrons. The van der Waals surface area contributed by atoms with E-state index in [-0.39, 0.29) is 5.91 Å². The Kier molecular flexibility index (Phi) is 5.51. The average Bonchev–Trinajstić information content (AvgIpc) is 3.08. The summed E-state index contributed by atoms with van der Waals surface area (Å²) in [5.74, 6) is 1.39. The van der Waals surface area contributed by atoms with E-state index in [0.29, 0.717) is 5.75 Å². The molecule has 0 saturated carbocycles. The predicted molar refractivity (Wildman–Crippen MR) is 109 cm³/mol. The van der Waals surface area contributed by atoms with Crippen molar-refractivity contribution in [3.05, 3.63) is 41.8 Å². The standard InChI is InChI=1S/C20H21N3OS2/c24-18(23-11-5-1-2-6-12-23)14-26-20-15-8-3-4-9-16(15)21-19(22-20)17-10-7-13-25-17/h3-4,7-10,13H,1-2,5-6,11-12,14H2. The third-order valence-electron chi connectivity index (χ3n) is 4.60. The van der Waals surface area contributed by atoms with E-state index in [1.165, 1.54) is 24.6 Å². The molecule has 1 saturated heterocycles. The Hall–Kier alpha value is -1.92. The van der Waals surface area contributed by atoms with Crippen molar-refractivity contribution in [1.29, 1.82) is 0 Å². The highest BCUT2D eigenvalue weighted by molar-refractivity contribution is 8.00. The number of likely N-dealkylation sites (tertiary alicyclic amines) is 1. The molecule has 0 N–H and O–H groups in total. The number of nitrogens with zero attached hydrogens (tertiary/aromatic N) is 3. The van der Waals surface area contributed by atoms with Crippen molar-refractivity contribution >= 4 is 39.9 Å². The van der Waals surface area contributed by atoms with Gasteiger partial charge in [-0.15, -0.1) is 11.3 Å². The maximum absolute atomic E-state index is 12.6. The summed E-state index contributed by atoms with van der Waals surface area (Å²) in [6.45, 7) is 1.79. The van der Waals surface area contributed by atoms with Crippen LogP contribution in [0.15, 0.2) is 46.8 Å². The number of thiophene rings is 1. The molecule has 6 heteroatoms. The van der Waals surface area contributed by atoms with E-state index in [4.69, 9.17) is 9.97 Å². The Morgan fingerprint density at radius 3 is 2.62 bits per heavy atom. The van der Waals surface area contributed by atoms with E-state index in [1.54, 1.807) is 11.3 Å². The first-order valence-electron chi connectivity index (χ1n) is 9.02. The zero-order valence-corrected chi connectivity index (χ0v) is 16.2. The Balaban J connectivity index is 1.58. The fourth-order valence-electron chi connectivity index (χ4n) is 3.21. The highest BCUT2D eigenvalue weighted by atomic mass is 32.2. The summed E-state index contributed by atoms with van der Waals surface area (Å²) in [5, 5.41) is 3.94. The summed E-state index contributed by atoms with van der Waals surface area (Å²) in [4.78, 5) is 25.2. The molecule has 1 aromatic carbocycles. The molecule has 0 spiro atoms. The van der Waals surface area contributed by atoms with Gasteiger partial charge in [-0.2, -0.15) is 0 Å². The fourth-order valence-corrected chi connectivity index (χ4v) is 4.79. The van der Waals surface area contributed by atoms with Crippen LogP contribution in [0.25, 0.3) is 21.6 Å². The Morgan fingerprint density at radius 1 is 1.04 bits per heavy atom. The van der Waals surface area contributed by atoms with Gasteiger partial charge in [0, 0.05) is 18.5 Å². The first-order valence-corrected chi connectivity index (χ1v) is 10.9. The van der Waals surface area contributed by atoms with Crippen LogP contribution in [0, 0.1) is 0 Å². The third-order valence-corrected chi connectivity index (χ3v) is 6.44. The topological polar surface area (TPSA) is 46.1 Å². The number of carbonyl (C=O) groups is 1. The zero-order valence-electron chi connectivity index (χ0n) is 14.6. The van der Waals surface area contributed by atoms with Crippen LogP contribution in [0.4, 0.5) is 0 Å². The Morgan fingerprint density at radius 2 is 1.85 bits per heavy atom. The van der Waals surface area contributed by atoms with Gasteiger partial charge in [-0.25, -0.2) is 9.97 Å². The molecule has 1 fully saturated rings. The fraction of sp³-hybridized carbons (Fsp3) is 0.350. The van der Waals surface area contributed by atoms with E-state index in [0.717, 1.165) is 52.6 Å². The first kappa shape index (κ1) is 17.5. The highest BCUT2D eigenvalue weighted by Crippen LogP contribution is 2.30. The van der Waals surface area contributed by atoms with Crippen LogP contribution in [-0.4, -0.2) is 39.6 Å². The summed E-state index contributed by atoms with van der Waals surface area (Å²) in [7, 11) is 0. The lowest BCUT2D eigenvalue weighted by atomic mass is 10.2. The van der Waals surface area contributed by atoms with E-state index in [9.17, 15) is 4.79 Å². The number of carbonyl (C=O) groups excluding carboxylic acids is 1. The van der Waals surface area contributed by atoms with Crippen LogP contribution in [0.2, 0.25) is 0 Å². The lowest BCUT2D eigenvalue weighted by Crippen LogP contribution is -2.33. The van der Waals surface area contributed by atoms with Crippen molar-refractivity contribution in [3.63, 3.8) is 0 Å². The van der Waals surface area contributed by atoms with Gasteiger partial charge in [0.1, 0.15) is 5.03 Å². The molecule has 26 heavy (non-hydrogen) atoms. The largest absolute Gasteiger partial charge is 0.342 e. The second kappa shape index (κ2) is 8.18. The number of aromatic nitrogens is 2. The average molecular weight is 384 g/mol. The van der Waals surface area contributed by atoms with Crippen LogP contribution in [0.1, 0.15) is 25.7 Å². The molecule has 1 amide bonds. The van der Waals surface area contributed by atoms with E-state index in [1.807, 2.05) is 46.7 Å². The van der Waals surface area contributed by atoms with Crippen molar-refractivity contribution < 1.29 is 4.79 Å². The molecular weight excluding hydrogens is 362 g/mol. The van der Waals surface area contributed by atoms with Gasteiger partial charge >= 0.3 is 0 Å². The van der Waals surface area contributed by atoms with Gasteiger partial charge in [-0.1, -0.05) is 48.9 Å². The first-order chi connectivity index (χ1) is 12.8. The number of amides is 1. The van der Waals surface area contributed by atoms with Crippen molar-refractivity contribution in [3.8, 4) is 10.7 Å². The maximum atomic E-state index is 12.6. The minimum absolute atomic E-state index is 0.220. The quantitative estimate of drug-likeness (QED) is 0.477. The normalized spacial score (nSPS) is 15.2. The lowest BCUT2D eigenvalue weighted by molar-refractivity contribution is -0.128. The molecule has 0 aliphatic carbocycles. The molecule has 0 unspecified atom stereocenters.